The highest BCUT2D eigenvalue weighted by molar-refractivity contribution is 7.99. The second-order valence-corrected chi connectivity index (χ2v) is 5.51. The lowest BCUT2D eigenvalue weighted by molar-refractivity contribution is -0.0842. The molecule has 0 atom stereocenters. The summed E-state index contributed by atoms with van der Waals surface area (Å²) in [6.45, 7) is 0. The first kappa shape index (κ1) is 15.3. The first-order valence-corrected chi connectivity index (χ1v) is 7.35. The summed E-state index contributed by atoms with van der Waals surface area (Å²) in [7, 11) is 5.15. The van der Waals surface area contributed by atoms with Gasteiger partial charge in [0.1, 0.15) is 0 Å². The zero-order valence-electron chi connectivity index (χ0n) is 11.5. The summed E-state index contributed by atoms with van der Waals surface area (Å²) in [5, 5.41) is 9.88. The summed E-state index contributed by atoms with van der Waals surface area (Å²) in [5.74, 6) is 1.43. The molecule has 0 bridgehead atoms. The van der Waals surface area contributed by atoms with Crippen LogP contribution in [0.2, 0.25) is 5.02 Å². The average Bonchev–Trinajstić information content (AvgIpc) is 2.81. The molecule has 0 fully saturated rings. The van der Waals surface area contributed by atoms with Crippen molar-refractivity contribution in [1.82, 2.24) is 14.8 Å². The summed E-state index contributed by atoms with van der Waals surface area (Å²) in [5.41, 5.74) is 0.939. The van der Waals surface area contributed by atoms with E-state index in [4.69, 9.17) is 21.1 Å². The third-order valence-electron chi connectivity index (χ3n) is 2.79. The SMILES string of the molecule is COC(CSc1nnc(-c2cccc(Cl)c2)n1C)OC. The Morgan fingerprint density at radius 2 is 2.05 bits per heavy atom. The van der Waals surface area contributed by atoms with Crippen LogP contribution in [0.5, 0.6) is 0 Å². The van der Waals surface area contributed by atoms with Gasteiger partial charge >= 0.3 is 0 Å². The minimum absolute atomic E-state index is 0.258. The normalized spacial score (nSPS) is 11.2. The molecule has 1 aromatic carbocycles. The van der Waals surface area contributed by atoms with Crippen LogP contribution in [0.4, 0.5) is 0 Å². The molecule has 1 heterocycles. The zero-order valence-corrected chi connectivity index (χ0v) is 13.1. The molecule has 20 heavy (non-hydrogen) atoms. The number of nitrogens with zero attached hydrogens (tertiary/aromatic N) is 3. The number of methoxy groups -OCH3 is 2. The standard InChI is InChI=1S/C13H16ClN3O2S/c1-17-12(9-5-4-6-10(14)7-9)15-16-13(17)20-8-11(18-2)19-3/h4-7,11H,8H2,1-3H3. The maximum atomic E-state index is 6.00. The van der Waals surface area contributed by atoms with Crippen LogP contribution in [-0.2, 0) is 16.5 Å². The predicted octanol–water partition coefficient (Wildman–Crippen LogP) is 2.85. The largest absolute Gasteiger partial charge is 0.355 e. The molecular weight excluding hydrogens is 298 g/mol. The fourth-order valence-corrected chi connectivity index (χ4v) is 2.82. The Morgan fingerprint density at radius 3 is 2.70 bits per heavy atom. The number of hydrogen-bond acceptors (Lipinski definition) is 5. The number of halogens is 1. The first-order chi connectivity index (χ1) is 9.65. The lowest BCUT2D eigenvalue weighted by atomic mass is 10.2. The molecule has 0 aliphatic carbocycles. The van der Waals surface area contributed by atoms with Crippen molar-refractivity contribution in [3.05, 3.63) is 29.3 Å². The maximum absolute atomic E-state index is 6.00. The van der Waals surface area contributed by atoms with Gasteiger partial charge in [0.15, 0.2) is 17.3 Å². The van der Waals surface area contributed by atoms with Crippen LogP contribution in [-0.4, -0.2) is 41.0 Å². The third-order valence-corrected chi connectivity index (χ3v) is 4.08. The van der Waals surface area contributed by atoms with Crippen LogP contribution in [0.1, 0.15) is 0 Å². The van der Waals surface area contributed by atoms with Crippen molar-refractivity contribution in [2.45, 2.75) is 11.4 Å². The van der Waals surface area contributed by atoms with Crippen molar-refractivity contribution >= 4 is 23.4 Å². The van der Waals surface area contributed by atoms with Gasteiger partial charge in [-0.1, -0.05) is 35.5 Å². The number of benzene rings is 1. The van der Waals surface area contributed by atoms with Gasteiger partial charge in [-0.2, -0.15) is 0 Å². The molecule has 0 spiro atoms. The molecule has 7 heteroatoms. The second kappa shape index (κ2) is 7.08. The Hall–Kier alpha value is -1.08. The van der Waals surface area contributed by atoms with E-state index in [0.29, 0.717) is 10.8 Å². The van der Waals surface area contributed by atoms with Gasteiger partial charge in [-0.15, -0.1) is 10.2 Å². The number of rotatable bonds is 6. The quantitative estimate of drug-likeness (QED) is 0.606. The highest BCUT2D eigenvalue weighted by atomic mass is 35.5. The molecular formula is C13H16ClN3O2S. The van der Waals surface area contributed by atoms with Crippen LogP contribution in [0.25, 0.3) is 11.4 Å². The number of ether oxygens (including phenoxy) is 2. The Bertz CT molecular complexity index is 572. The van der Waals surface area contributed by atoms with E-state index >= 15 is 0 Å². The summed E-state index contributed by atoms with van der Waals surface area (Å²) in [4.78, 5) is 0. The van der Waals surface area contributed by atoms with Crippen LogP contribution in [0.3, 0.4) is 0 Å². The molecule has 2 aromatic rings. The smallest absolute Gasteiger partial charge is 0.191 e. The predicted molar refractivity (Wildman–Crippen MR) is 80.0 cm³/mol. The molecule has 0 amide bonds. The number of thioether (sulfide) groups is 1. The van der Waals surface area contributed by atoms with Crippen molar-refractivity contribution in [2.75, 3.05) is 20.0 Å². The van der Waals surface area contributed by atoms with E-state index in [1.807, 2.05) is 35.9 Å². The van der Waals surface area contributed by atoms with Crippen LogP contribution in [0, 0.1) is 0 Å². The molecule has 0 unspecified atom stereocenters. The molecule has 0 saturated carbocycles. The van der Waals surface area contributed by atoms with Crippen molar-refractivity contribution < 1.29 is 9.47 Å². The van der Waals surface area contributed by atoms with E-state index in [9.17, 15) is 0 Å². The summed E-state index contributed by atoms with van der Waals surface area (Å²) in [6.07, 6.45) is -0.258. The lowest BCUT2D eigenvalue weighted by Gasteiger charge is -2.12. The molecule has 0 saturated heterocycles. The van der Waals surface area contributed by atoms with E-state index in [0.717, 1.165) is 16.5 Å². The molecule has 0 aliphatic rings. The Balaban J connectivity index is 2.15. The van der Waals surface area contributed by atoms with Gasteiger partial charge < -0.3 is 14.0 Å². The minimum atomic E-state index is -0.258. The van der Waals surface area contributed by atoms with Gasteiger partial charge in [0.2, 0.25) is 0 Å². The van der Waals surface area contributed by atoms with E-state index in [1.54, 1.807) is 14.2 Å². The topological polar surface area (TPSA) is 49.2 Å². The van der Waals surface area contributed by atoms with Gasteiger partial charge in [-0.25, -0.2) is 0 Å². The number of aromatic nitrogens is 3. The van der Waals surface area contributed by atoms with Gasteiger partial charge in [-0.05, 0) is 12.1 Å². The third kappa shape index (κ3) is 3.52. The fraction of sp³-hybridized carbons (Fsp3) is 0.385. The highest BCUT2D eigenvalue weighted by Gasteiger charge is 2.14. The second-order valence-electron chi connectivity index (χ2n) is 4.09. The van der Waals surface area contributed by atoms with Gasteiger partial charge in [0, 0.05) is 31.9 Å². The van der Waals surface area contributed by atoms with Crippen molar-refractivity contribution in [3.8, 4) is 11.4 Å². The van der Waals surface area contributed by atoms with Crippen LogP contribution in [0.15, 0.2) is 29.4 Å². The van der Waals surface area contributed by atoms with Crippen molar-refractivity contribution in [1.29, 1.82) is 0 Å². The molecule has 0 aliphatic heterocycles. The van der Waals surface area contributed by atoms with Gasteiger partial charge in [-0.3, -0.25) is 0 Å². The fourth-order valence-electron chi connectivity index (χ4n) is 1.69. The number of hydrogen-bond donors (Lipinski definition) is 0. The van der Waals surface area contributed by atoms with E-state index < -0.39 is 0 Å². The molecule has 5 nitrogen and oxygen atoms in total. The van der Waals surface area contributed by atoms with Crippen molar-refractivity contribution in [2.24, 2.45) is 7.05 Å². The highest BCUT2D eigenvalue weighted by Crippen LogP contribution is 2.25. The van der Waals surface area contributed by atoms with E-state index in [-0.39, 0.29) is 6.29 Å². The van der Waals surface area contributed by atoms with Crippen LogP contribution < -0.4 is 0 Å². The Labute approximate surface area is 127 Å². The van der Waals surface area contributed by atoms with Gasteiger partial charge in [0.25, 0.3) is 0 Å². The Morgan fingerprint density at radius 1 is 1.30 bits per heavy atom. The van der Waals surface area contributed by atoms with E-state index in [2.05, 4.69) is 10.2 Å². The summed E-state index contributed by atoms with van der Waals surface area (Å²) >= 11 is 7.53. The molecule has 0 N–H and O–H groups in total. The molecule has 108 valence electrons. The van der Waals surface area contributed by atoms with Crippen molar-refractivity contribution in [3.63, 3.8) is 0 Å². The lowest BCUT2D eigenvalue weighted by Crippen LogP contribution is -2.16. The molecule has 1 aromatic heterocycles. The van der Waals surface area contributed by atoms with Gasteiger partial charge in [0.05, 0.1) is 5.75 Å². The summed E-state index contributed by atoms with van der Waals surface area (Å²) < 4.78 is 12.2. The average molecular weight is 314 g/mol. The zero-order chi connectivity index (χ0) is 14.5. The van der Waals surface area contributed by atoms with Crippen LogP contribution >= 0.6 is 23.4 Å². The van der Waals surface area contributed by atoms with E-state index in [1.165, 1.54) is 11.8 Å². The minimum Gasteiger partial charge on any atom is -0.355 e. The maximum Gasteiger partial charge on any atom is 0.191 e. The molecule has 0 radical (unpaired) electrons. The summed E-state index contributed by atoms with van der Waals surface area (Å²) in [6, 6.07) is 7.55. The monoisotopic (exact) mass is 313 g/mol. The molecule has 2 rings (SSSR count). The first-order valence-electron chi connectivity index (χ1n) is 5.99. The Kier molecular flexibility index (Phi) is 5.42.